The molecule has 0 aliphatic rings. The molecule has 0 aromatic heterocycles. The lowest BCUT2D eigenvalue weighted by Crippen LogP contribution is -2.31. The summed E-state index contributed by atoms with van der Waals surface area (Å²) in [5.74, 6) is 4.08. The Balaban J connectivity index is 4.46. The molecule has 0 nitrogen and oxygen atoms in total. The van der Waals surface area contributed by atoms with Crippen LogP contribution in [0.5, 0.6) is 0 Å². The summed E-state index contributed by atoms with van der Waals surface area (Å²) in [7, 11) is 0. The Hall–Kier alpha value is 2.45. The Bertz CT molecular complexity index is 182. The molecule has 0 saturated carbocycles. The topological polar surface area (TPSA) is 0 Å². The quantitative estimate of drug-likeness (QED) is 0.277. The lowest BCUT2D eigenvalue weighted by Gasteiger charge is -2.31. The van der Waals surface area contributed by atoms with Crippen LogP contribution in [0.1, 0.15) is 12.8 Å². The molecule has 0 rings (SSSR count). The van der Waals surface area contributed by atoms with Crippen LogP contribution in [0.3, 0.4) is 0 Å². The van der Waals surface area contributed by atoms with E-state index in [2.05, 4.69) is 75.8 Å². The molecule has 0 aliphatic carbocycles. The molecule has 0 bridgehead atoms. The molecule has 7 heteroatoms. The van der Waals surface area contributed by atoms with E-state index in [1.54, 1.807) is 0 Å². The van der Waals surface area contributed by atoms with Crippen molar-refractivity contribution >= 4 is 88.4 Å². The summed E-state index contributed by atoms with van der Waals surface area (Å²) in [4.78, 5) is 0. The fourth-order valence-electron chi connectivity index (χ4n) is 1.88. The van der Waals surface area contributed by atoms with Gasteiger partial charge in [0.15, 0.2) is 0 Å². The van der Waals surface area contributed by atoms with Crippen molar-refractivity contribution in [2.75, 3.05) is 23.0 Å². The molecule has 0 radical (unpaired) electrons. The van der Waals surface area contributed by atoms with Crippen LogP contribution in [-0.4, -0.2) is 38.8 Å². The molecule has 0 spiro atoms. The highest BCUT2D eigenvalue weighted by Gasteiger charge is 2.27. The van der Waals surface area contributed by atoms with E-state index in [1.165, 1.54) is 0 Å². The minimum atomic E-state index is 0.282. The van der Waals surface area contributed by atoms with E-state index in [0.717, 1.165) is 35.9 Å². The van der Waals surface area contributed by atoms with E-state index in [1.807, 2.05) is 0 Å². The summed E-state index contributed by atoms with van der Waals surface area (Å²) in [5.41, 5.74) is 0. The van der Waals surface area contributed by atoms with Gasteiger partial charge in [-0.1, -0.05) is 0 Å². The molecule has 18 heavy (non-hydrogen) atoms. The monoisotopic (exact) mass is 380 g/mol. The summed E-state index contributed by atoms with van der Waals surface area (Å²) in [6.45, 7) is 0. The molecule has 110 valence electrons. The zero-order chi connectivity index (χ0) is 14.1. The number of rotatable bonds is 10. The first kappa shape index (κ1) is 20.5. The maximum absolute atomic E-state index is 4.79. The van der Waals surface area contributed by atoms with Crippen LogP contribution in [0.15, 0.2) is 0 Å². The molecule has 4 unspecified atom stereocenters. The van der Waals surface area contributed by atoms with Crippen LogP contribution in [0.4, 0.5) is 0 Å². The van der Waals surface area contributed by atoms with Crippen LogP contribution < -0.4 is 0 Å². The molecular formula is C11H24S7. The first-order chi connectivity index (χ1) is 8.49. The van der Waals surface area contributed by atoms with Crippen molar-refractivity contribution < 1.29 is 0 Å². The van der Waals surface area contributed by atoms with Crippen LogP contribution in [-0.2, 0) is 0 Å². The molecular weight excluding hydrogens is 357 g/mol. The van der Waals surface area contributed by atoms with E-state index in [9.17, 15) is 0 Å². The van der Waals surface area contributed by atoms with E-state index in [4.69, 9.17) is 12.6 Å². The van der Waals surface area contributed by atoms with Gasteiger partial charge in [-0.3, -0.25) is 0 Å². The highest BCUT2D eigenvalue weighted by atomic mass is 32.1. The predicted octanol–water partition coefficient (Wildman–Crippen LogP) is 3.61. The Labute approximate surface area is 150 Å². The third kappa shape index (κ3) is 8.03. The summed E-state index contributed by atoms with van der Waals surface area (Å²) in [6, 6.07) is 0. The Kier molecular flexibility index (Phi) is 13.7. The van der Waals surface area contributed by atoms with Crippen molar-refractivity contribution in [1.29, 1.82) is 0 Å². The molecule has 0 amide bonds. The summed E-state index contributed by atoms with van der Waals surface area (Å²) >= 11 is 31.3. The third-order valence-electron chi connectivity index (χ3n) is 3.01. The second-order valence-electron chi connectivity index (χ2n) is 4.52. The van der Waals surface area contributed by atoms with Gasteiger partial charge in [0.2, 0.25) is 0 Å². The van der Waals surface area contributed by atoms with Crippen molar-refractivity contribution in [3.63, 3.8) is 0 Å². The van der Waals surface area contributed by atoms with Crippen LogP contribution >= 0.6 is 88.4 Å². The van der Waals surface area contributed by atoms with Crippen molar-refractivity contribution in [2.24, 2.45) is 11.8 Å². The standard InChI is InChI=1S/C11H24S7/c12-3-7(1-9(16)5-14)11(18)8(4-13)2-10(17)6-15/h7-18H,1-6H2. The maximum Gasteiger partial charge on any atom is 0.0108 e. The lowest BCUT2D eigenvalue weighted by atomic mass is 9.89. The van der Waals surface area contributed by atoms with Gasteiger partial charge in [-0.05, 0) is 36.2 Å². The molecule has 0 aromatic carbocycles. The second kappa shape index (κ2) is 12.0. The van der Waals surface area contributed by atoms with E-state index in [-0.39, 0.29) is 5.25 Å². The molecule has 4 atom stereocenters. The van der Waals surface area contributed by atoms with Gasteiger partial charge in [-0.15, -0.1) is 0 Å². The zero-order valence-electron chi connectivity index (χ0n) is 10.3. The SMILES string of the molecule is SCC(S)CC(CS)C(S)C(CS)CC(S)CS. The molecule has 0 aliphatic heterocycles. The fraction of sp³-hybridized carbons (Fsp3) is 1.00. The smallest absolute Gasteiger partial charge is 0.0108 e. The number of hydrogen-bond donors (Lipinski definition) is 7. The van der Waals surface area contributed by atoms with Crippen molar-refractivity contribution in [3.8, 4) is 0 Å². The van der Waals surface area contributed by atoms with Crippen molar-refractivity contribution in [1.82, 2.24) is 0 Å². The lowest BCUT2D eigenvalue weighted by molar-refractivity contribution is 0.408. The minimum absolute atomic E-state index is 0.282. The third-order valence-corrected chi connectivity index (χ3v) is 7.03. The summed E-state index contributed by atoms with van der Waals surface area (Å²) < 4.78 is 0. The highest BCUT2D eigenvalue weighted by molar-refractivity contribution is 7.85. The van der Waals surface area contributed by atoms with Gasteiger partial charge in [0.05, 0.1) is 0 Å². The first-order valence-electron chi connectivity index (χ1n) is 5.97. The predicted molar refractivity (Wildman–Crippen MR) is 110 cm³/mol. The molecule has 0 saturated heterocycles. The number of thiol groups is 7. The number of hydrogen-bond acceptors (Lipinski definition) is 7. The fourth-order valence-corrected chi connectivity index (χ4v) is 4.26. The minimum Gasteiger partial charge on any atom is -0.179 e. The van der Waals surface area contributed by atoms with Gasteiger partial charge in [0.1, 0.15) is 0 Å². The first-order valence-corrected chi connectivity index (χ1v) is 10.1. The van der Waals surface area contributed by atoms with E-state index in [0.29, 0.717) is 22.3 Å². The zero-order valence-corrected chi connectivity index (χ0v) is 16.5. The van der Waals surface area contributed by atoms with Crippen LogP contribution in [0.2, 0.25) is 0 Å². The Morgan fingerprint density at radius 2 is 0.889 bits per heavy atom. The summed E-state index contributed by atoms with van der Waals surface area (Å²) in [5, 5.41) is 0.888. The van der Waals surface area contributed by atoms with Crippen LogP contribution in [0.25, 0.3) is 0 Å². The van der Waals surface area contributed by atoms with Gasteiger partial charge in [-0.25, -0.2) is 0 Å². The average molecular weight is 381 g/mol. The van der Waals surface area contributed by atoms with Crippen molar-refractivity contribution in [3.05, 3.63) is 0 Å². The van der Waals surface area contributed by atoms with Gasteiger partial charge in [0.25, 0.3) is 0 Å². The van der Waals surface area contributed by atoms with Gasteiger partial charge < -0.3 is 0 Å². The largest absolute Gasteiger partial charge is 0.179 e. The van der Waals surface area contributed by atoms with Gasteiger partial charge in [0, 0.05) is 27.3 Å². The summed E-state index contributed by atoms with van der Waals surface area (Å²) in [6.07, 6.45) is 1.99. The Morgan fingerprint density at radius 3 is 1.11 bits per heavy atom. The highest BCUT2D eigenvalue weighted by Crippen LogP contribution is 2.30. The molecule has 0 heterocycles. The maximum atomic E-state index is 4.79. The van der Waals surface area contributed by atoms with E-state index < -0.39 is 0 Å². The average Bonchev–Trinajstić information content (AvgIpc) is 2.40. The van der Waals surface area contributed by atoms with Crippen LogP contribution in [0, 0.1) is 11.8 Å². The van der Waals surface area contributed by atoms with Gasteiger partial charge in [-0.2, -0.15) is 88.4 Å². The Morgan fingerprint density at radius 1 is 0.556 bits per heavy atom. The second-order valence-corrected chi connectivity index (χ2v) is 8.04. The normalized spacial score (nSPS) is 20.2. The molecule has 0 aromatic rings. The molecule has 0 fully saturated rings. The molecule has 0 N–H and O–H groups in total. The van der Waals surface area contributed by atoms with E-state index >= 15 is 0 Å². The van der Waals surface area contributed by atoms with Crippen molar-refractivity contribution in [2.45, 2.75) is 28.6 Å². The van der Waals surface area contributed by atoms with Gasteiger partial charge >= 0.3 is 0 Å².